The molecular weight excluding hydrogens is 619 g/mol. The van der Waals surface area contributed by atoms with Crippen LogP contribution in [0.15, 0.2) is 0 Å². The van der Waals surface area contributed by atoms with Crippen LogP contribution in [0.5, 0.6) is 0 Å². The van der Waals surface area contributed by atoms with E-state index in [-0.39, 0.29) is 18.5 Å². The topological polar surface area (TPSA) is 153 Å². The molecule has 2 N–H and O–H groups in total. The highest BCUT2D eigenvalue weighted by molar-refractivity contribution is 5.82. The Labute approximate surface area is 267 Å². The van der Waals surface area contributed by atoms with Gasteiger partial charge in [0.25, 0.3) is 0 Å². The van der Waals surface area contributed by atoms with E-state index < -0.39 is 66.5 Å². The number of amides is 1. The Balaban J connectivity index is 1.80. The summed E-state index contributed by atoms with van der Waals surface area (Å²) in [4.78, 5) is 52.6. The number of halogens is 3. The maximum atomic E-state index is 13.4. The van der Waals surface area contributed by atoms with Gasteiger partial charge in [0.1, 0.15) is 24.0 Å². The summed E-state index contributed by atoms with van der Waals surface area (Å²) in [5.74, 6) is -4.27. The molecule has 0 aromatic rings. The molecule has 0 radical (unpaired) electrons. The van der Waals surface area contributed by atoms with Crippen LogP contribution in [0.1, 0.15) is 67.2 Å². The van der Waals surface area contributed by atoms with Gasteiger partial charge in [0.05, 0.1) is 12.5 Å². The molecule has 0 aromatic heterocycles. The largest absolute Gasteiger partial charge is 0.471 e. The average Bonchev–Trinajstić information content (AvgIpc) is 2.94. The van der Waals surface area contributed by atoms with Crippen molar-refractivity contribution < 1.29 is 61.1 Å². The zero-order valence-electron chi connectivity index (χ0n) is 27.3. The van der Waals surface area contributed by atoms with Crippen LogP contribution < -0.4 is 5.32 Å². The highest BCUT2D eigenvalue weighted by atomic mass is 19.4. The van der Waals surface area contributed by atoms with Crippen molar-refractivity contribution in [1.29, 1.82) is 0 Å². The smallest absolute Gasteiger partial charge is 0.460 e. The van der Waals surface area contributed by atoms with E-state index in [0.29, 0.717) is 51.5 Å². The van der Waals surface area contributed by atoms with E-state index in [1.54, 1.807) is 31.0 Å². The lowest BCUT2D eigenvalue weighted by atomic mass is 9.92. The third kappa shape index (κ3) is 11.0. The van der Waals surface area contributed by atoms with Crippen molar-refractivity contribution in [3.63, 3.8) is 0 Å². The molecule has 1 unspecified atom stereocenters. The molecule has 1 amide bonds. The minimum atomic E-state index is -5.30. The predicted octanol–water partition coefficient (Wildman–Crippen LogP) is 1.74. The Morgan fingerprint density at radius 2 is 1.50 bits per heavy atom. The van der Waals surface area contributed by atoms with E-state index in [0.717, 1.165) is 26.7 Å². The molecule has 0 aromatic carbocycles. The zero-order chi connectivity index (χ0) is 34.4. The highest BCUT2D eigenvalue weighted by Gasteiger charge is 2.55. The lowest BCUT2D eigenvalue weighted by Crippen LogP contribution is -2.70. The Bertz CT molecular complexity index is 1060. The number of esters is 3. The Kier molecular flexibility index (Phi) is 13.2. The summed E-state index contributed by atoms with van der Waals surface area (Å²) in [6.07, 6.45) is -10.4. The van der Waals surface area contributed by atoms with Gasteiger partial charge in [0.15, 0.2) is 18.5 Å². The monoisotopic (exact) mass is 667 g/mol. The molecule has 3 fully saturated rings. The first-order valence-corrected chi connectivity index (χ1v) is 15.7. The van der Waals surface area contributed by atoms with E-state index in [4.69, 9.17) is 23.7 Å². The van der Waals surface area contributed by atoms with Crippen LogP contribution in [0.3, 0.4) is 0 Å². The van der Waals surface area contributed by atoms with Crippen LogP contribution >= 0.6 is 0 Å². The van der Waals surface area contributed by atoms with Crippen molar-refractivity contribution in [3.05, 3.63) is 0 Å². The normalized spacial score (nSPS) is 28.3. The summed E-state index contributed by atoms with van der Waals surface area (Å²) in [7, 11) is 0. The van der Waals surface area contributed by atoms with Crippen molar-refractivity contribution in [2.75, 3.05) is 39.3 Å². The van der Waals surface area contributed by atoms with Gasteiger partial charge in [0, 0.05) is 33.5 Å². The number of nitrogens with zero attached hydrogens (tertiary/aromatic N) is 2. The van der Waals surface area contributed by atoms with Crippen molar-refractivity contribution in [1.82, 2.24) is 15.1 Å². The van der Waals surface area contributed by atoms with Crippen LogP contribution in [-0.2, 0) is 42.9 Å². The van der Waals surface area contributed by atoms with Gasteiger partial charge in [-0.25, -0.2) is 0 Å². The quantitative estimate of drug-likeness (QED) is 0.258. The van der Waals surface area contributed by atoms with E-state index in [2.05, 4.69) is 6.92 Å². The molecule has 46 heavy (non-hydrogen) atoms. The number of alkyl halides is 3. The van der Waals surface area contributed by atoms with Crippen LogP contribution in [0, 0.1) is 11.8 Å². The Morgan fingerprint density at radius 1 is 0.935 bits per heavy atom. The van der Waals surface area contributed by atoms with Gasteiger partial charge >= 0.3 is 30.0 Å². The minimum Gasteiger partial charge on any atom is -0.460 e. The predicted molar refractivity (Wildman–Crippen MR) is 155 cm³/mol. The molecule has 264 valence electrons. The molecule has 3 aliphatic rings. The molecule has 3 heterocycles. The number of ether oxygens (including phenoxy) is 5. The number of aliphatic hydroxyl groups is 1. The molecule has 6 atom stereocenters. The fourth-order valence-corrected chi connectivity index (χ4v) is 5.86. The molecule has 0 saturated carbocycles. The highest BCUT2D eigenvalue weighted by Crippen LogP contribution is 2.32. The number of piperidine rings is 2. The third-order valence-electron chi connectivity index (χ3n) is 8.25. The van der Waals surface area contributed by atoms with E-state index in [1.165, 1.54) is 0 Å². The molecule has 13 nitrogen and oxygen atoms in total. The van der Waals surface area contributed by atoms with Crippen molar-refractivity contribution >= 4 is 23.8 Å². The molecule has 3 aliphatic heterocycles. The number of likely N-dealkylation sites (tertiary alicyclic amines) is 2. The second kappa shape index (κ2) is 16.0. The van der Waals surface area contributed by atoms with E-state index in [9.17, 15) is 37.5 Å². The molecule has 0 aliphatic carbocycles. The maximum absolute atomic E-state index is 13.4. The molecule has 3 saturated heterocycles. The maximum Gasteiger partial charge on any atom is 0.471 e. The lowest BCUT2D eigenvalue weighted by Gasteiger charge is -2.48. The number of nitrogens with one attached hydrogen (secondary N) is 1. The van der Waals surface area contributed by atoms with Gasteiger partial charge in [-0.2, -0.15) is 13.2 Å². The molecule has 3 rings (SSSR count). The number of carbonyl (C=O) groups is 4. The lowest BCUT2D eigenvalue weighted by molar-refractivity contribution is -0.301. The van der Waals surface area contributed by atoms with E-state index >= 15 is 0 Å². The van der Waals surface area contributed by atoms with Crippen LogP contribution in [0.4, 0.5) is 13.2 Å². The number of rotatable bonds is 10. The summed E-state index contributed by atoms with van der Waals surface area (Å²) >= 11 is 0. The summed E-state index contributed by atoms with van der Waals surface area (Å²) in [6, 6.07) is -1.76. The van der Waals surface area contributed by atoms with Gasteiger partial charge in [-0.05, 0) is 65.5 Å². The number of carbonyl (C=O) groups excluding carboxylic acids is 4. The molecule has 0 bridgehead atoms. The Morgan fingerprint density at radius 3 is 2.02 bits per heavy atom. The van der Waals surface area contributed by atoms with Gasteiger partial charge < -0.3 is 39.0 Å². The number of aliphatic hydroxyl groups excluding tert-OH is 1. The Hall–Kier alpha value is -2.53. The van der Waals surface area contributed by atoms with Crippen LogP contribution in [0.2, 0.25) is 0 Å². The van der Waals surface area contributed by atoms with Crippen molar-refractivity contribution in [2.24, 2.45) is 11.8 Å². The molecule has 16 heteroatoms. The molecular formula is C30H48F3N3O10. The van der Waals surface area contributed by atoms with E-state index in [1.807, 2.05) is 4.90 Å². The summed E-state index contributed by atoms with van der Waals surface area (Å²) in [6.45, 7) is 11.7. The van der Waals surface area contributed by atoms with Crippen molar-refractivity contribution in [3.8, 4) is 0 Å². The van der Waals surface area contributed by atoms with Gasteiger partial charge in [-0.1, -0.05) is 6.92 Å². The second-order valence-corrected chi connectivity index (χ2v) is 13.3. The summed E-state index contributed by atoms with van der Waals surface area (Å²) in [5, 5.41) is 13.2. The third-order valence-corrected chi connectivity index (χ3v) is 8.25. The van der Waals surface area contributed by atoms with Gasteiger partial charge in [-0.15, -0.1) is 0 Å². The van der Waals surface area contributed by atoms with Gasteiger partial charge in [0.2, 0.25) is 0 Å². The first-order valence-electron chi connectivity index (χ1n) is 15.7. The first-order chi connectivity index (χ1) is 21.4. The summed E-state index contributed by atoms with van der Waals surface area (Å²) in [5.41, 5.74) is -0.601. The van der Waals surface area contributed by atoms with Crippen LogP contribution in [-0.4, -0.2) is 127 Å². The van der Waals surface area contributed by atoms with Crippen molar-refractivity contribution in [2.45, 2.75) is 116 Å². The SMILES string of the molecule is CC(=O)O[C@@H]1[C@@H](NC(=O)C(F)(F)F)[C@H](OCCN2CCC(C(=O)OC(C)(C)C)CC2)O[C@H](C(O)N2CCC(C)CC2)[C@H]1OC(C)=O. The summed E-state index contributed by atoms with van der Waals surface area (Å²) < 4.78 is 68.4. The first kappa shape index (κ1) is 37.9. The number of hydrogen-bond acceptors (Lipinski definition) is 12. The van der Waals surface area contributed by atoms with Crippen LogP contribution in [0.25, 0.3) is 0 Å². The van der Waals surface area contributed by atoms with Gasteiger partial charge in [-0.3, -0.25) is 24.1 Å². The minimum absolute atomic E-state index is 0.0881. The number of hydrogen-bond donors (Lipinski definition) is 2. The average molecular weight is 668 g/mol. The fourth-order valence-electron chi connectivity index (χ4n) is 5.86. The molecule has 0 spiro atoms. The zero-order valence-corrected chi connectivity index (χ0v) is 27.3. The standard InChI is InChI=1S/C30H48F3N3O10/c1-17-7-13-36(14-8-17)25(39)24-23(44-19(3)38)22(43-18(2)37)21(34-28(41)30(31,32)33)27(45-24)42-16-15-35-11-9-20(10-12-35)26(40)46-29(4,5)6/h17,20-25,27,39H,7-16H2,1-6H3,(H,34,41)/t21-,22-,23+,24+,25?,27-/m1/s1. The second-order valence-electron chi connectivity index (χ2n) is 13.3. The fraction of sp³-hybridized carbons (Fsp3) is 0.867.